The molecule has 1 aromatic heterocycles. The van der Waals surface area contributed by atoms with Gasteiger partial charge in [-0.2, -0.15) is 13.2 Å². The molecule has 0 aliphatic carbocycles. The number of amides is 1. The van der Waals surface area contributed by atoms with Crippen LogP contribution in [0.2, 0.25) is 5.15 Å². The lowest BCUT2D eigenvalue weighted by Gasteiger charge is -2.11. The lowest BCUT2D eigenvalue weighted by molar-refractivity contribution is -0.167. The fraction of sp³-hybridized carbons (Fsp3) is 0.500. The third-order valence-electron chi connectivity index (χ3n) is 1.96. The van der Waals surface area contributed by atoms with Gasteiger partial charge in [0.1, 0.15) is 5.69 Å². The van der Waals surface area contributed by atoms with E-state index in [1.165, 1.54) is 18.7 Å². The van der Waals surface area contributed by atoms with Crippen LogP contribution < -0.4 is 5.32 Å². The molecule has 0 saturated carbocycles. The summed E-state index contributed by atoms with van der Waals surface area (Å²) in [5.41, 5.74) is -0.0268. The Labute approximate surface area is 117 Å². The molecule has 0 bridgehead atoms. The summed E-state index contributed by atoms with van der Waals surface area (Å²) < 4.78 is 36.4. The minimum Gasteiger partial charge on any atom is -0.314 e. The molecule has 1 amide bonds. The fourth-order valence-corrected chi connectivity index (χ4v) is 2.16. The third-order valence-corrected chi connectivity index (χ3v) is 3.28. The van der Waals surface area contributed by atoms with Gasteiger partial charge in [0.2, 0.25) is 0 Å². The summed E-state index contributed by atoms with van der Waals surface area (Å²) in [7, 11) is 0. The summed E-state index contributed by atoms with van der Waals surface area (Å²) in [5, 5.41) is 1.84. The van der Waals surface area contributed by atoms with Gasteiger partial charge >= 0.3 is 12.1 Å². The zero-order valence-corrected chi connectivity index (χ0v) is 11.7. The maximum atomic E-state index is 12.1. The number of carbonyl (C=O) groups excluding carboxylic acids is 1. The highest BCUT2D eigenvalue weighted by atomic mass is 35.5. The molecule has 9 heteroatoms. The van der Waals surface area contributed by atoms with Crippen molar-refractivity contribution in [3.8, 4) is 0 Å². The number of nitrogens with one attached hydrogen (secondary N) is 1. The third kappa shape index (κ3) is 4.54. The lowest BCUT2D eigenvalue weighted by atomic mass is 10.3. The number of aromatic nitrogens is 2. The Morgan fingerprint density at radius 3 is 2.53 bits per heavy atom. The smallest absolute Gasteiger partial charge is 0.314 e. The van der Waals surface area contributed by atoms with E-state index in [1.54, 1.807) is 5.32 Å². The van der Waals surface area contributed by atoms with Crippen molar-refractivity contribution < 1.29 is 18.0 Å². The quantitative estimate of drug-likeness (QED) is 0.525. The van der Waals surface area contributed by atoms with Gasteiger partial charge in [-0.05, 0) is 13.3 Å². The molecule has 1 rings (SSSR count). The topological polar surface area (TPSA) is 54.9 Å². The maximum Gasteiger partial charge on any atom is 0.471 e. The number of hydrogen-bond donors (Lipinski definition) is 1. The van der Waals surface area contributed by atoms with Crippen molar-refractivity contribution in [2.75, 3.05) is 11.1 Å². The average molecular weight is 314 g/mol. The summed E-state index contributed by atoms with van der Waals surface area (Å²) in [6.07, 6.45) is -4.08. The number of alkyl halides is 3. The second-order valence-corrected chi connectivity index (χ2v) is 4.98. The molecule has 0 atom stereocenters. The number of carbonyl (C=O) groups is 1. The highest BCUT2D eigenvalue weighted by molar-refractivity contribution is 7.99. The molecule has 0 aliphatic heterocycles. The van der Waals surface area contributed by atoms with Crippen LogP contribution >= 0.6 is 23.4 Å². The van der Waals surface area contributed by atoms with E-state index in [0.29, 0.717) is 5.16 Å². The van der Waals surface area contributed by atoms with Crippen molar-refractivity contribution in [2.24, 2.45) is 0 Å². The lowest BCUT2D eigenvalue weighted by Crippen LogP contribution is -2.30. The van der Waals surface area contributed by atoms with Crippen LogP contribution in [0.15, 0.2) is 5.16 Å². The van der Waals surface area contributed by atoms with Gasteiger partial charge in [-0.3, -0.25) is 4.79 Å². The second kappa shape index (κ2) is 6.42. The molecule has 0 unspecified atom stereocenters. The van der Waals surface area contributed by atoms with E-state index in [-0.39, 0.29) is 16.5 Å². The Morgan fingerprint density at radius 2 is 2.05 bits per heavy atom. The van der Waals surface area contributed by atoms with E-state index in [4.69, 9.17) is 11.6 Å². The first-order chi connectivity index (χ1) is 8.75. The molecule has 1 aromatic rings. The molecule has 1 N–H and O–H groups in total. The first kappa shape index (κ1) is 16.0. The van der Waals surface area contributed by atoms with Gasteiger partial charge in [-0.15, -0.1) is 0 Å². The first-order valence-corrected chi connectivity index (χ1v) is 6.67. The van der Waals surface area contributed by atoms with Crippen LogP contribution in [-0.2, 0) is 4.79 Å². The van der Waals surface area contributed by atoms with Crippen LogP contribution in [0.25, 0.3) is 0 Å². The van der Waals surface area contributed by atoms with Gasteiger partial charge in [-0.1, -0.05) is 30.3 Å². The molecule has 0 spiro atoms. The number of hydrogen-bond acceptors (Lipinski definition) is 4. The summed E-state index contributed by atoms with van der Waals surface area (Å²) in [6.45, 7) is 3.43. The Hall–Kier alpha value is -1.02. The monoisotopic (exact) mass is 313 g/mol. The number of halogens is 4. The Kier molecular flexibility index (Phi) is 5.42. The maximum absolute atomic E-state index is 12.1. The summed E-state index contributed by atoms with van der Waals surface area (Å²) in [4.78, 5) is 18.7. The van der Waals surface area contributed by atoms with Crippen LogP contribution in [0.4, 0.5) is 18.9 Å². The van der Waals surface area contributed by atoms with Crippen molar-refractivity contribution in [3.05, 3.63) is 10.8 Å². The van der Waals surface area contributed by atoms with E-state index < -0.39 is 12.1 Å². The minimum absolute atomic E-state index is 0.191. The number of nitrogens with zero attached hydrogens (tertiary/aromatic N) is 2. The van der Waals surface area contributed by atoms with E-state index in [1.807, 2.05) is 6.92 Å². The zero-order valence-electron chi connectivity index (χ0n) is 10.1. The molecule has 0 fully saturated rings. The molecule has 0 aliphatic rings. The van der Waals surface area contributed by atoms with Crippen molar-refractivity contribution in [1.82, 2.24) is 9.97 Å². The molecule has 4 nitrogen and oxygen atoms in total. The van der Waals surface area contributed by atoms with Crippen molar-refractivity contribution >= 4 is 35.0 Å². The van der Waals surface area contributed by atoms with Gasteiger partial charge < -0.3 is 5.32 Å². The highest BCUT2D eigenvalue weighted by Gasteiger charge is 2.39. The number of aryl methyl sites for hydroxylation is 1. The molecule has 0 saturated heterocycles. The van der Waals surface area contributed by atoms with Gasteiger partial charge in [0.05, 0.1) is 5.69 Å². The molecular weight excluding hydrogens is 303 g/mol. The van der Waals surface area contributed by atoms with Crippen LogP contribution in [-0.4, -0.2) is 27.8 Å². The molecule has 0 aromatic carbocycles. The zero-order chi connectivity index (χ0) is 14.6. The number of thioether (sulfide) groups is 1. The second-order valence-electron chi connectivity index (χ2n) is 3.56. The standard InChI is InChI=1S/C10H11ClF3N3OS/c1-3-4-19-9-15-5(2)6(7(11)17-9)16-8(18)10(12,13)14/h3-4H2,1-2H3,(H,16,18). The predicted octanol–water partition coefficient (Wildman–Crippen LogP) is 3.44. The molecular formula is C10H11ClF3N3OS. The average Bonchev–Trinajstić information content (AvgIpc) is 2.29. The number of anilines is 1. The van der Waals surface area contributed by atoms with Gasteiger partial charge in [0, 0.05) is 5.75 Å². The van der Waals surface area contributed by atoms with Crippen LogP contribution in [0.5, 0.6) is 0 Å². The van der Waals surface area contributed by atoms with Crippen LogP contribution in [0, 0.1) is 6.92 Å². The van der Waals surface area contributed by atoms with Crippen LogP contribution in [0.1, 0.15) is 19.0 Å². The van der Waals surface area contributed by atoms with Crippen molar-refractivity contribution in [1.29, 1.82) is 0 Å². The van der Waals surface area contributed by atoms with Crippen molar-refractivity contribution in [3.63, 3.8) is 0 Å². The van der Waals surface area contributed by atoms with Gasteiger partial charge in [0.25, 0.3) is 0 Å². The number of rotatable bonds is 4. The predicted molar refractivity (Wildman–Crippen MR) is 67.5 cm³/mol. The molecule has 19 heavy (non-hydrogen) atoms. The molecule has 106 valence electrons. The summed E-state index contributed by atoms with van der Waals surface area (Å²) >= 11 is 7.10. The Bertz CT molecular complexity index is 459. The SMILES string of the molecule is CCCSc1nc(C)c(NC(=O)C(F)(F)F)c(Cl)n1. The van der Waals surface area contributed by atoms with Gasteiger partial charge in [0.15, 0.2) is 10.3 Å². The Balaban J connectivity index is 2.94. The van der Waals surface area contributed by atoms with Gasteiger partial charge in [-0.25, -0.2) is 9.97 Å². The normalized spacial score (nSPS) is 11.5. The summed E-state index contributed by atoms with van der Waals surface area (Å²) in [5.74, 6) is -1.33. The first-order valence-electron chi connectivity index (χ1n) is 5.30. The fourth-order valence-electron chi connectivity index (χ4n) is 1.10. The molecule has 1 heterocycles. The van der Waals surface area contributed by atoms with E-state index >= 15 is 0 Å². The van der Waals surface area contributed by atoms with E-state index in [2.05, 4.69) is 9.97 Å². The van der Waals surface area contributed by atoms with Crippen LogP contribution in [0.3, 0.4) is 0 Å². The minimum atomic E-state index is -4.98. The summed E-state index contributed by atoms with van der Waals surface area (Å²) in [6, 6.07) is 0. The highest BCUT2D eigenvalue weighted by Crippen LogP contribution is 2.28. The van der Waals surface area contributed by atoms with E-state index in [0.717, 1.165) is 12.2 Å². The Morgan fingerprint density at radius 1 is 1.42 bits per heavy atom. The van der Waals surface area contributed by atoms with Crippen molar-refractivity contribution in [2.45, 2.75) is 31.6 Å². The molecule has 0 radical (unpaired) electrons. The largest absolute Gasteiger partial charge is 0.471 e. The van der Waals surface area contributed by atoms with E-state index in [9.17, 15) is 18.0 Å².